The third kappa shape index (κ3) is 3.61. The van der Waals surface area contributed by atoms with E-state index in [1.807, 2.05) is 23.1 Å². The van der Waals surface area contributed by atoms with Crippen LogP contribution in [-0.4, -0.2) is 35.1 Å². The Kier molecular flexibility index (Phi) is 4.36. The van der Waals surface area contributed by atoms with Crippen molar-refractivity contribution >= 4 is 0 Å². The van der Waals surface area contributed by atoms with Crippen molar-refractivity contribution in [3.8, 4) is 0 Å². The van der Waals surface area contributed by atoms with Crippen molar-refractivity contribution in [3.63, 3.8) is 0 Å². The van der Waals surface area contributed by atoms with Crippen LogP contribution in [-0.2, 0) is 11.3 Å². The molecule has 4 heteroatoms. The molecule has 0 aliphatic carbocycles. The van der Waals surface area contributed by atoms with Gasteiger partial charge in [0.1, 0.15) is 0 Å². The Hall–Kier alpha value is -0.870. The van der Waals surface area contributed by atoms with E-state index >= 15 is 0 Å². The zero-order valence-corrected chi connectivity index (χ0v) is 9.93. The van der Waals surface area contributed by atoms with E-state index in [0.717, 1.165) is 19.7 Å². The Bertz CT molecular complexity index is 280. The normalized spacial score (nSPS) is 23.2. The molecule has 16 heavy (non-hydrogen) atoms. The Morgan fingerprint density at radius 1 is 1.56 bits per heavy atom. The maximum atomic E-state index is 5.68. The second-order valence-corrected chi connectivity index (χ2v) is 4.53. The lowest BCUT2D eigenvalue weighted by atomic mass is 10.1. The predicted molar refractivity (Wildman–Crippen MR) is 63.3 cm³/mol. The summed E-state index contributed by atoms with van der Waals surface area (Å²) in [5, 5.41) is 7.70. The van der Waals surface area contributed by atoms with E-state index in [2.05, 4.69) is 17.3 Å². The van der Waals surface area contributed by atoms with E-state index in [1.165, 1.54) is 19.3 Å². The number of nitrogens with zero attached hydrogens (tertiary/aromatic N) is 2. The van der Waals surface area contributed by atoms with Crippen molar-refractivity contribution in [2.45, 2.75) is 44.9 Å². The van der Waals surface area contributed by atoms with Crippen LogP contribution < -0.4 is 5.32 Å². The molecule has 0 amide bonds. The van der Waals surface area contributed by atoms with Crippen LogP contribution in [0.4, 0.5) is 0 Å². The summed E-state index contributed by atoms with van der Waals surface area (Å²) in [6.45, 7) is 4.99. The van der Waals surface area contributed by atoms with E-state index in [1.54, 1.807) is 0 Å². The van der Waals surface area contributed by atoms with Gasteiger partial charge in [-0.05, 0) is 32.3 Å². The maximum absolute atomic E-state index is 5.68. The second-order valence-electron chi connectivity index (χ2n) is 4.53. The Morgan fingerprint density at radius 2 is 2.50 bits per heavy atom. The minimum Gasteiger partial charge on any atom is -0.377 e. The van der Waals surface area contributed by atoms with Crippen molar-refractivity contribution in [1.82, 2.24) is 15.1 Å². The van der Waals surface area contributed by atoms with Crippen LogP contribution in [0.2, 0.25) is 0 Å². The number of hydrogen-bond donors (Lipinski definition) is 1. The van der Waals surface area contributed by atoms with E-state index in [9.17, 15) is 0 Å². The fraction of sp³-hybridized carbons (Fsp3) is 0.750. The van der Waals surface area contributed by atoms with Crippen LogP contribution >= 0.6 is 0 Å². The van der Waals surface area contributed by atoms with E-state index < -0.39 is 0 Å². The topological polar surface area (TPSA) is 39.1 Å². The fourth-order valence-electron chi connectivity index (χ4n) is 2.05. The van der Waals surface area contributed by atoms with Crippen LogP contribution in [0.25, 0.3) is 0 Å². The van der Waals surface area contributed by atoms with Gasteiger partial charge in [0.25, 0.3) is 0 Å². The molecule has 2 atom stereocenters. The quantitative estimate of drug-likeness (QED) is 0.820. The van der Waals surface area contributed by atoms with Crippen molar-refractivity contribution < 1.29 is 4.74 Å². The molecule has 90 valence electrons. The van der Waals surface area contributed by atoms with E-state index in [0.29, 0.717) is 12.1 Å². The summed E-state index contributed by atoms with van der Waals surface area (Å²) in [5.41, 5.74) is 0. The lowest BCUT2D eigenvalue weighted by Gasteiger charge is -2.24. The van der Waals surface area contributed by atoms with Gasteiger partial charge in [0.2, 0.25) is 0 Å². The molecule has 1 aromatic heterocycles. The van der Waals surface area contributed by atoms with Crippen LogP contribution in [0.5, 0.6) is 0 Å². The fourth-order valence-corrected chi connectivity index (χ4v) is 2.05. The first-order valence-electron chi connectivity index (χ1n) is 6.17. The minimum atomic E-state index is 0.411. The SMILES string of the molecule is C[C@@H](Cn1cccn1)NC[C@H]1CCCCO1. The standard InChI is InChI=1S/C12H21N3O/c1-11(10-15-7-4-6-14-15)13-9-12-5-2-3-8-16-12/h4,6-7,11-13H,2-3,5,8-10H2,1H3/t11-,12+/m0/s1. The van der Waals surface area contributed by atoms with E-state index in [-0.39, 0.29) is 0 Å². The number of rotatable bonds is 5. The summed E-state index contributed by atoms with van der Waals surface area (Å²) in [7, 11) is 0. The number of nitrogens with one attached hydrogen (secondary N) is 1. The molecule has 1 N–H and O–H groups in total. The first-order chi connectivity index (χ1) is 7.84. The van der Waals surface area contributed by atoms with Gasteiger partial charge in [0, 0.05) is 31.6 Å². The second kappa shape index (κ2) is 6.01. The summed E-state index contributed by atoms with van der Waals surface area (Å²) >= 11 is 0. The molecule has 0 unspecified atom stereocenters. The van der Waals surface area contributed by atoms with Gasteiger partial charge in [0.15, 0.2) is 0 Å². The molecule has 1 fully saturated rings. The highest BCUT2D eigenvalue weighted by Crippen LogP contribution is 2.11. The number of hydrogen-bond acceptors (Lipinski definition) is 3. The molecule has 4 nitrogen and oxygen atoms in total. The zero-order valence-electron chi connectivity index (χ0n) is 9.93. The molecule has 2 rings (SSSR count). The number of aromatic nitrogens is 2. The highest BCUT2D eigenvalue weighted by atomic mass is 16.5. The average molecular weight is 223 g/mol. The molecule has 1 aromatic rings. The molecule has 1 aliphatic rings. The zero-order chi connectivity index (χ0) is 11.2. The van der Waals surface area contributed by atoms with Gasteiger partial charge < -0.3 is 10.1 Å². The van der Waals surface area contributed by atoms with Crippen molar-refractivity contribution in [3.05, 3.63) is 18.5 Å². The van der Waals surface area contributed by atoms with Crippen LogP contribution in [0.1, 0.15) is 26.2 Å². The lowest BCUT2D eigenvalue weighted by molar-refractivity contribution is 0.0153. The van der Waals surface area contributed by atoms with Gasteiger partial charge in [-0.2, -0.15) is 5.10 Å². The summed E-state index contributed by atoms with van der Waals surface area (Å²) in [4.78, 5) is 0. The van der Waals surface area contributed by atoms with Gasteiger partial charge in [-0.25, -0.2) is 0 Å². The molecule has 0 bridgehead atoms. The summed E-state index contributed by atoms with van der Waals surface area (Å²) in [6, 6.07) is 2.39. The molecule has 2 heterocycles. The summed E-state index contributed by atoms with van der Waals surface area (Å²) in [5.74, 6) is 0. The third-order valence-corrected chi connectivity index (χ3v) is 2.99. The Balaban J connectivity index is 1.65. The van der Waals surface area contributed by atoms with Crippen molar-refractivity contribution in [2.24, 2.45) is 0 Å². The van der Waals surface area contributed by atoms with Crippen molar-refractivity contribution in [2.75, 3.05) is 13.2 Å². The summed E-state index contributed by atoms with van der Waals surface area (Å²) < 4.78 is 7.64. The van der Waals surface area contributed by atoms with Gasteiger partial charge in [-0.3, -0.25) is 4.68 Å². The first-order valence-corrected chi connectivity index (χ1v) is 6.17. The highest BCUT2D eigenvalue weighted by Gasteiger charge is 2.14. The smallest absolute Gasteiger partial charge is 0.0699 e. The third-order valence-electron chi connectivity index (χ3n) is 2.99. The van der Waals surface area contributed by atoms with Crippen LogP contribution in [0.15, 0.2) is 18.5 Å². The van der Waals surface area contributed by atoms with Crippen LogP contribution in [0, 0.1) is 0 Å². The lowest BCUT2D eigenvalue weighted by Crippen LogP contribution is -2.38. The molecule has 1 saturated heterocycles. The molecule has 1 aliphatic heterocycles. The van der Waals surface area contributed by atoms with Crippen LogP contribution in [0.3, 0.4) is 0 Å². The van der Waals surface area contributed by atoms with Crippen molar-refractivity contribution in [1.29, 1.82) is 0 Å². The summed E-state index contributed by atoms with van der Waals surface area (Å²) in [6.07, 6.45) is 7.95. The minimum absolute atomic E-state index is 0.411. The molecule has 0 aromatic carbocycles. The number of ether oxygens (including phenoxy) is 1. The van der Waals surface area contributed by atoms with E-state index in [4.69, 9.17) is 4.74 Å². The molecular weight excluding hydrogens is 202 g/mol. The van der Waals surface area contributed by atoms with Gasteiger partial charge >= 0.3 is 0 Å². The Labute approximate surface area is 97.0 Å². The van der Waals surface area contributed by atoms with Gasteiger partial charge in [0.05, 0.1) is 12.6 Å². The molecular formula is C12H21N3O. The van der Waals surface area contributed by atoms with Gasteiger partial charge in [-0.15, -0.1) is 0 Å². The maximum Gasteiger partial charge on any atom is 0.0699 e. The molecule has 0 radical (unpaired) electrons. The largest absolute Gasteiger partial charge is 0.377 e. The Morgan fingerprint density at radius 3 is 3.19 bits per heavy atom. The monoisotopic (exact) mass is 223 g/mol. The average Bonchev–Trinajstić information content (AvgIpc) is 2.81. The molecule has 0 spiro atoms. The highest BCUT2D eigenvalue weighted by molar-refractivity contribution is 4.79. The van der Waals surface area contributed by atoms with Gasteiger partial charge in [-0.1, -0.05) is 0 Å². The first kappa shape index (κ1) is 11.6. The predicted octanol–water partition coefficient (Wildman–Crippen LogP) is 1.43. The molecule has 0 saturated carbocycles.